The number of benzene rings is 2. The lowest BCUT2D eigenvalue weighted by Crippen LogP contribution is -2.23. The lowest BCUT2D eigenvalue weighted by atomic mass is 9.97. The number of rotatable bonds is 8. The average molecular weight is 487 g/mol. The average Bonchev–Trinajstić information content (AvgIpc) is 2.86. The summed E-state index contributed by atoms with van der Waals surface area (Å²) in [6.07, 6.45) is 4.74. The molecule has 0 N–H and O–H groups in total. The zero-order chi connectivity index (χ0) is 25.2. The van der Waals surface area contributed by atoms with Crippen molar-refractivity contribution in [2.75, 3.05) is 0 Å². The van der Waals surface area contributed by atoms with Crippen LogP contribution >= 0.6 is 0 Å². The molecule has 6 nitrogen and oxygen atoms in total. The Balaban J connectivity index is 1.61. The minimum absolute atomic E-state index is 0.0485. The molecule has 2 atom stereocenters. The Hall–Kier alpha value is -3.64. The highest BCUT2D eigenvalue weighted by Crippen LogP contribution is 2.44. The predicted octanol–water partition coefficient (Wildman–Crippen LogP) is 7.16. The minimum atomic E-state index is -0.743. The molecule has 3 heterocycles. The summed E-state index contributed by atoms with van der Waals surface area (Å²) in [4.78, 5) is 25.6. The van der Waals surface area contributed by atoms with Crippen molar-refractivity contribution in [3.8, 4) is 28.2 Å². The highest BCUT2D eigenvalue weighted by atomic mass is 16.7. The third-order valence-electron chi connectivity index (χ3n) is 6.60. The maximum absolute atomic E-state index is 13.3. The van der Waals surface area contributed by atoms with E-state index in [1.807, 2.05) is 50.2 Å². The molecule has 0 fully saturated rings. The summed E-state index contributed by atoms with van der Waals surface area (Å²) in [5.41, 5.74) is 2.37. The number of unbranched alkanes of at least 4 members (excludes halogenated alkanes) is 3. The van der Waals surface area contributed by atoms with Crippen LogP contribution in [0.4, 0.5) is 0 Å². The molecule has 5 rings (SSSR count). The van der Waals surface area contributed by atoms with Crippen molar-refractivity contribution in [1.29, 1.82) is 0 Å². The van der Waals surface area contributed by atoms with Crippen LogP contribution in [0, 0.1) is 6.92 Å². The van der Waals surface area contributed by atoms with Gasteiger partial charge in [-0.05, 0) is 50.6 Å². The summed E-state index contributed by atoms with van der Waals surface area (Å²) in [6, 6.07) is 16.0. The summed E-state index contributed by atoms with van der Waals surface area (Å²) in [6.45, 7) is 6.17. The highest BCUT2D eigenvalue weighted by Gasteiger charge is 2.32. The first-order valence-electron chi connectivity index (χ1n) is 12.6. The molecular weight excluding hydrogens is 456 g/mol. The second-order valence-electron chi connectivity index (χ2n) is 9.45. The van der Waals surface area contributed by atoms with E-state index in [4.69, 9.17) is 18.3 Å². The molecule has 186 valence electrons. The van der Waals surface area contributed by atoms with Gasteiger partial charge in [-0.3, -0.25) is 0 Å². The maximum Gasteiger partial charge on any atom is 0.344 e. The van der Waals surface area contributed by atoms with Crippen LogP contribution in [-0.2, 0) is 4.74 Å². The molecule has 0 radical (unpaired) electrons. The van der Waals surface area contributed by atoms with Crippen LogP contribution in [-0.4, -0.2) is 6.10 Å². The lowest BCUT2D eigenvalue weighted by Gasteiger charge is -2.29. The van der Waals surface area contributed by atoms with E-state index >= 15 is 0 Å². The second-order valence-corrected chi connectivity index (χ2v) is 9.45. The van der Waals surface area contributed by atoms with Crippen molar-refractivity contribution in [2.24, 2.45) is 0 Å². The van der Waals surface area contributed by atoms with Gasteiger partial charge >= 0.3 is 11.3 Å². The fourth-order valence-corrected chi connectivity index (χ4v) is 4.73. The van der Waals surface area contributed by atoms with Crippen molar-refractivity contribution in [1.82, 2.24) is 0 Å². The van der Waals surface area contributed by atoms with Gasteiger partial charge in [0.1, 0.15) is 11.3 Å². The normalized spacial score (nSPS) is 15.2. The number of aryl methyl sites for hydroxylation is 1. The smallest absolute Gasteiger partial charge is 0.344 e. The third kappa shape index (κ3) is 4.73. The van der Waals surface area contributed by atoms with Crippen LogP contribution in [0.5, 0.6) is 5.75 Å². The third-order valence-corrected chi connectivity index (χ3v) is 6.60. The SMILES string of the molecule is CCCCCCC(C)OC1Oc2ccccc2-c2oc(=O)c(-c3cc(=O)oc4ccc(C)cc34)cc21. The monoisotopic (exact) mass is 486 g/mol. The number of para-hydroxylation sites is 1. The van der Waals surface area contributed by atoms with Crippen LogP contribution in [0.2, 0.25) is 0 Å². The van der Waals surface area contributed by atoms with Crippen molar-refractivity contribution in [3.05, 3.63) is 86.6 Å². The molecule has 0 saturated heterocycles. The van der Waals surface area contributed by atoms with E-state index in [1.165, 1.54) is 18.9 Å². The quantitative estimate of drug-likeness (QED) is 0.194. The fourth-order valence-electron chi connectivity index (χ4n) is 4.73. The Bertz CT molecular complexity index is 1510. The maximum atomic E-state index is 13.3. The summed E-state index contributed by atoms with van der Waals surface area (Å²) in [5.74, 6) is 1.03. The van der Waals surface area contributed by atoms with E-state index in [0.29, 0.717) is 39.2 Å². The van der Waals surface area contributed by atoms with Gasteiger partial charge in [0.15, 0.2) is 5.76 Å². The van der Waals surface area contributed by atoms with E-state index in [2.05, 4.69) is 6.92 Å². The van der Waals surface area contributed by atoms with E-state index < -0.39 is 17.5 Å². The zero-order valence-electron chi connectivity index (χ0n) is 20.8. The molecule has 1 aliphatic rings. The first kappa shape index (κ1) is 24.1. The lowest BCUT2D eigenvalue weighted by molar-refractivity contribution is -0.122. The molecule has 2 aromatic heterocycles. The van der Waals surface area contributed by atoms with Gasteiger partial charge in [0, 0.05) is 17.0 Å². The van der Waals surface area contributed by atoms with Gasteiger partial charge in [0.05, 0.1) is 22.8 Å². The van der Waals surface area contributed by atoms with Gasteiger partial charge in [-0.15, -0.1) is 0 Å². The number of fused-ring (bicyclic) bond motifs is 4. The Labute approximate surface area is 209 Å². The van der Waals surface area contributed by atoms with Gasteiger partial charge in [-0.2, -0.15) is 0 Å². The molecule has 36 heavy (non-hydrogen) atoms. The van der Waals surface area contributed by atoms with Gasteiger partial charge < -0.3 is 18.3 Å². The van der Waals surface area contributed by atoms with Crippen molar-refractivity contribution >= 4 is 11.0 Å². The first-order valence-corrected chi connectivity index (χ1v) is 12.6. The molecule has 0 bridgehead atoms. The van der Waals surface area contributed by atoms with Gasteiger partial charge in [0.2, 0.25) is 6.29 Å². The Kier molecular flexibility index (Phi) is 6.79. The Morgan fingerprint density at radius 1 is 0.917 bits per heavy atom. The zero-order valence-corrected chi connectivity index (χ0v) is 20.8. The predicted molar refractivity (Wildman–Crippen MR) is 139 cm³/mol. The van der Waals surface area contributed by atoms with Crippen molar-refractivity contribution in [2.45, 2.75) is 65.3 Å². The van der Waals surface area contributed by atoms with E-state index in [1.54, 1.807) is 12.1 Å². The molecule has 0 spiro atoms. The molecule has 0 amide bonds. The van der Waals surface area contributed by atoms with Crippen LogP contribution < -0.4 is 16.0 Å². The van der Waals surface area contributed by atoms with Crippen LogP contribution in [0.25, 0.3) is 33.4 Å². The van der Waals surface area contributed by atoms with E-state index in [0.717, 1.165) is 24.8 Å². The number of ether oxygens (including phenoxy) is 2. The molecule has 6 heteroatoms. The summed E-state index contributed by atoms with van der Waals surface area (Å²) in [7, 11) is 0. The molecule has 4 aromatic rings. The van der Waals surface area contributed by atoms with E-state index in [-0.39, 0.29) is 11.7 Å². The Morgan fingerprint density at radius 2 is 1.75 bits per heavy atom. The fraction of sp³-hybridized carbons (Fsp3) is 0.333. The standard InChI is InChI=1S/C30H30O6/c1-4-5-6-7-10-19(3)33-30-24-16-23(21-17-27(31)34-26-14-13-18(2)15-22(21)26)29(32)36-28(24)20-11-8-9-12-25(20)35-30/h8-9,11-17,19,30H,4-7,10H2,1-3H3. The molecular formula is C30H30O6. The molecule has 2 unspecified atom stereocenters. The second kappa shape index (κ2) is 10.2. The first-order chi connectivity index (χ1) is 17.4. The summed E-state index contributed by atoms with van der Waals surface area (Å²) in [5, 5.41) is 0.667. The number of hydrogen-bond donors (Lipinski definition) is 0. The van der Waals surface area contributed by atoms with Crippen molar-refractivity contribution < 1.29 is 18.3 Å². The van der Waals surface area contributed by atoms with Crippen LogP contribution in [0.3, 0.4) is 0 Å². The van der Waals surface area contributed by atoms with Gasteiger partial charge in [-0.1, -0.05) is 56.4 Å². The Morgan fingerprint density at radius 3 is 2.58 bits per heavy atom. The molecule has 0 aliphatic carbocycles. The van der Waals surface area contributed by atoms with Gasteiger partial charge in [0.25, 0.3) is 0 Å². The molecule has 1 aliphatic heterocycles. The molecule has 0 saturated carbocycles. The number of hydrogen-bond acceptors (Lipinski definition) is 6. The topological polar surface area (TPSA) is 78.9 Å². The van der Waals surface area contributed by atoms with Crippen LogP contribution in [0.1, 0.15) is 63.4 Å². The van der Waals surface area contributed by atoms with Crippen LogP contribution in [0.15, 0.2) is 73.0 Å². The highest BCUT2D eigenvalue weighted by molar-refractivity contribution is 5.93. The summed E-state index contributed by atoms with van der Waals surface area (Å²) < 4.78 is 23.9. The van der Waals surface area contributed by atoms with E-state index in [9.17, 15) is 9.59 Å². The molecule has 2 aromatic carbocycles. The van der Waals surface area contributed by atoms with Crippen molar-refractivity contribution in [3.63, 3.8) is 0 Å². The largest absolute Gasteiger partial charge is 0.460 e. The summed E-state index contributed by atoms with van der Waals surface area (Å²) >= 11 is 0. The van der Waals surface area contributed by atoms with Gasteiger partial charge in [-0.25, -0.2) is 9.59 Å². The minimum Gasteiger partial charge on any atom is -0.460 e.